The van der Waals surface area contributed by atoms with Crippen LogP contribution in [-0.2, 0) is 11.4 Å². The van der Waals surface area contributed by atoms with Gasteiger partial charge in [-0.25, -0.2) is 8.78 Å². The Morgan fingerprint density at radius 2 is 1.80 bits per heavy atom. The maximum atomic E-state index is 12.3. The molecule has 2 nitrogen and oxygen atoms in total. The van der Waals surface area contributed by atoms with E-state index in [4.69, 9.17) is 16.4 Å². The van der Waals surface area contributed by atoms with E-state index in [1.165, 1.54) is 24.3 Å². The Labute approximate surface area is 120 Å². The third-order valence-corrected chi connectivity index (χ3v) is 2.95. The lowest BCUT2D eigenvalue weighted by molar-refractivity contribution is 0.132. The van der Waals surface area contributed by atoms with Crippen LogP contribution in [0.2, 0.25) is 5.02 Å². The Balaban J connectivity index is 1.89. The molecule has 103 valence electrons. The molecule has 2 rings (SSSR count). The van der Waals surface area contributed by atoms with Crippen LogP contribution >= 0.6 is 11.6 Å². The molecule has 2 aromatic rings. The smallest absolute Gasteiger partial charge is 0.263 e. The minimum Gasteiger partial charge on any atom is -0.390 e. The number of nitrogens with zero attached hydrogens (tertiary/aromatic N) is 1. The predicted molar refractivity (Wildman–Crippen MR) is 74.2 cm³/mol. The quantitative estimate of drug-likeness (QED) is 0.578. The second-order valence-electron chi connectivity index (χ2n) is 3.99. The molecule has 0 aliphatic heterocycles. The van der Waals surface area contributed by atoms with Crippen molar-refractivity contribution in [2.24, 2.45) is 5.16 Å². The molecule has 0 saturated heterocycles. The molecule has 0 aromatic heterocycles. The lowest BCUT2D eigenvalue weighted by Crippen LogP contribution is -1.90. The summed E-state index contributed by atoms with van der Waals surface area (Å²) in [6, 6.07) is 12.9. The fourth-order valence-corrected chi connectivity index (χ4v) is 1.70. The van der Waals surface area contributed by atoms with Gasteiger partial charge in [-0.3, -0.25) is 0 Å². The molecular formula is C15H11ClF2NO. The van der Waals surface area contributed by atoms with Gasteiger partial charge in [0, 0.05) is 21.7 Å². The molecule has 0 heterocycles. The number of alkyl halides is 2. The first-order valence-electron chi connectivity index (χ1n) is 5.86. The number of rotatable bonds is 5. The molecule has 20 heavy (non-hydrogen) atoms. The van der Waals surface area contributed by atoms with Crippen LogP contribution in [0.4, 0.5) is 8.78 Å². The third-order valence-electron chi connectivity index (χ3n) is 2.58. The van der Waals surface area contributed by atoms with Gasteiger partial charge in [-0.2, -0.15) is 0 Å². The van der Waals surface area contributed by atoms with Crippen molar-refractivity contribution in [2.75, 3.05) is 0 Å². The van der Waals surface area contributed by atoms with E-state index in [0.717, 1.165) is 5.56 Å². The van der Waals surface area contributed by atoms with E-state index in [1.807, 2.05) is 18.2 Å². The maximum absolute atomic E-state index is 12.3. The first-order chi connectivity index (χ1) is 9.66. The molecule has 5 heteroatoms. The summed E-state index contributed by atoms with van der Waals surface area (Å²) in [4.78, 5) is 5.06. The zero-order chi connectivity index (χ0) is 14.4. The molecule has 0 atom stereocenters. The van der Waals surface area contributed by atoms with Crippen LogP contribution in [0, 0.1) is 0 Å². The number of halogens is 3. The van der Waals surface area contributed by atoms with E-state index in [2.05, 4.69) is 11.4 Å². The van der Waals surface area contributed by atoms with Crippen LogP contribution in [0.3, 0.4) is 0 Å². The maximum Gasteiger partial charge on any atom is 0.263 e. The van der Waals surface area contributed by atoms with Crippen molar-refractivity contribution in [1.29, 1.82) is 0 Å². The lowest BCUT2D eigenvalue weighted by Gasteiger charge is -2.02. The van der Waals surface area contributed by atoms with Crippen LogP contribution in [0.25, 0.3) is 0 Å². The van der Waals surface area contributed by atoms with Gasteiger partial charge < -0.3 is 4.84 Å². The van der Waals surface area contributed by atoms with Crippen molar-refractivity contribution in [3.63, 3.8) is 0 Å². The van der Waals surface area contributed by atoms with E-state index in [1.54, 1.807) is 6.07 Å². The minimum absolute atomic E-state index is 0.0347. The van der Waals surface area contributed by atoms with Gasteiger partial charge in [0.2, 0.25) is 0 Å². The zero-order valence-corrected chi connectivity index (χ0v) is 11.1. The summed E-state index contributed by atoms with van der Waals surface area (Å²) >= 11 is 5.95. The second-order valence-corrected chi connectivity index (χ2v) is 4.40. The Morgan fingerprint density at radius 3 is 2.45 bits per heavy atom. The highest BCUT2D eigenvalue weighted by Gasteiger charge is 2.05. The molecular weight excluding hydrogens is 284 g/mol. The van der Waals surface area contributed by atoms with Gasteiger partial charge in [-0.15, -0.1) is 0 Å². The Hall–Kier alpha value is -1.94. The number of hydrogen-bond donors (Lipinski definition) is 0. The van der Waals surface area contributed by atoms with Crippen molar-refractivity contribution in [3.8, 4) is 0 Å². The molecule has 2 aromatic carbocycles. The molecule has 0 aliphatic rings. The monoisotopic (exact) mass is 294 g/mol. The van der Waals surface area contributed by atoms with Gasteiger partial charge in [0.05, 0.1) is 0 Å². The summed E-state index contributed by atoms with van der Waals surface area (Å²) in [6.45, 7) is 0.224. The fraction of sp³-hybridized carbons (Fsp3) is 0.133. The SMILES string of the molecule is FC(F)c1ccc(/[C]=N\OCc2ccccc2Cl)cc1. The number of hydrogen-bond acceptors (Lipinski definition) is 2. The molecule has 0 bridgehead atoms. The highest BCUT2D eigenvalue weighted by molar-refractivity contribution is 6.31. The molecule has 0 spiro atoms. The predicted octanol–water partition coefficient (Wildman–Crippen LogP) is 4.71. The summed E-state index contributed by atoms with van der Waals surface area (Å²) in [6.07, 6.45) is 0.141. The van der Waals surface area contributed by atoms with Crippen molar-refractivity contribution in [2.45, 2.75) is 13.0 Å². The van der Waals surface area contributed by atoms with Gasteiger partial charge in [0.15, 0.2) is 0 Å². The van der Waals surface area contributed by atoms with E-state index in [-0.39, 0.29) is 12.2 Å². The van der Waals surface area contributed by atoms with Crippen LogP contribution in [0.1, 0.15) is 23.1 Å². The van der Waals surface area contributed by atoms with E-state index in [0.29, 0.717) is 10.6 Å². The van der Waals surface area contributed by atoms with Crippen molar-refractivity contribution in [3.05, 3.63) is 70.2 Å². The van der Waals surface area contributed by atoms with Gasteiger partial charge in [-0.05, 0) is 6.07 Å². The zero-order valence-electron chi connectivity index (χ0n) is 10.4. The van der Waals surface area contributed by atoms with Crippen molar-refractivity contribution in [1.82, 2.24) is 0 Å². The molecule has 0 N–H and O–H groups in total. The van der Waals surface area contributed by atoms with Gasteiger partial charge in [0.1, 0.15) is 12.8 Å². The molecule has 0 saturated carbocycles. The molecule has 0 amide bonds. The first-order valence-corrected chi connectivity index (χ1v) is 6.24. The fourth-order valence-electron chi connectivity index (χ4n) is 1.51. The Kier molecular flexibility index (Phi) is 5.07. The summed E-state index contributed by atoms with van der Waals surface area (Å²) < 4.78 is 24.7. The normalized spacial score (nSPS) is 11.2. The molecule has 0 fully saturated rings. The topological polar surface area (TPSA) is 21.6 Å². The summed E-state index contributed by atoms with van der Waals surface area (Å²) in [5.74, 6) is 0. The molecule has 1 radical (unpaired) electrons. The van der Waals surface area contributed by atoms with Crippen molar-refractivity contribution >= 4 is 17.8 Å². The average Bonchev–Trinajstić information content (AvgIpc) is 2.46. The second kappa shape index (κ2) is 7.01. The molecule has 0 aliphatic carbocycles. The van der Waals surface area contributed by atoms with E-state index < -0.39 is 6.43 Å². The van der Waals surface area contributed by atoms with Crippen LogP contribution in [0.15, 0.2) is 53.7 Å². The average molecular weight is 295 g/mol. The van der Waals surface area contributed by atoms with Gasteiger partial charge in [0.25, 0.3) is 6.43 Å². The highest BCUT2D eigenvalue weighted by atomic mass is 35.5. The van der Waals surface area contributed by atoms with Gasteiger partial charge in [-0.1, -0.05) is 59.2 Å². The highest BCUT2D eigenvalue weighted by Crippen LogP contribution is 2.18. The Bertz CT molecular complexity index is 585. The lowest BCUT2D eigenvalue weighted by atomic mass is 10.1. The third kappa shape index (κ3) is 4.03. The standard InChI is InChI=1S/C15H11ClF2NO/c16-14-4-2-1-3-13(14)10-20-19-9-11-5-7-12(8-6-11)15(17)18/h1-8,15H,10H2. The van der Waals surface area contributed by atoms with Crippen LogP contribution < -0.4 is 0 Å². The summed E-state index contributed by atoms with van der Waals surface area (Å²) in [5.41, 5.74) is 1.34. The summed E-state index contributed by atoms with van der Waals surface area (Å²) in [7, 11) is 0. The van der Waals surface area contributed by atoms with Crippen LogP contribution in [0.5, 0.6) is 0 Å². The largest absolute Gasteiger partial charge is 0.390 e. The molecule has 0 unspecified atom stereocenters. The number of benzene rings is 2. The Morgan fingerprint density at radius 1 is 1.10 bits per heavy atom. The van der Waals surface area contributed by atoms with E-state index >= 15 is 0 Å². The van der Waals surface area contributed by atoms with E-state index in [9.17, 15) is 8.78 Å². The minimum atomic E-state index is -2.47. The van der Waals surface area contributed by atoms with Crippen LogP contribution in [-0.4, -0.2) is 6.21 Å². The summed E-state index contributed by atoms with van der Waals surface area (Å²) in [5, 5.41) is 4.26. The first kappa shape index (κ1) is 14.5. The van der Waals surface area contributed by atoms with Crippen molar-refractivity contribution < 1.29 is 13.6 Å². The van der Waals surface area contributed by atoms with Gasteiger partial charge >= 0.3 is 0 Å².